The first kappa shape index (κ1) is 15.0. The van der Waals surface area contributed by atoms with Gasteiger partial charge in [-0.2, -0.15) is 0 Å². The van der Waals surface area contributed by atoms with Crippen LogP contribution in [0.25, 0.3) is 0 Å². The number of hydrogen-bond acceptors (Lipinski definition) is 2. The van der Waals surface area contributed by atoms with Crippen LogP contribution >= 0.6 is 0 Å². The molecule has 110 valence electrons. The van der Waals surface area contributed by atoms with Crippen LogP contribution in [0.1, 0.15) is 28.9 Å². The summed E-state index contributed by atoms with van der Waals surface area (Å²) in [6.07, 6.45) is 0. The van der Waals surface area contributed by atoms with Crippen LogP contribution in [0.15, 0.2) is 48.5 Å². The number of methoxy groups -OCH3 is 1. The van der Waals surface area contributed by atoms with Crippen LogP contribution in [0, 0.1) is 5.82 Å². The topological polar surface area (TPSA) is 29.5 Å². The lowest BCUT2D eigenvalue weighted by Crippen LogP contribution is -2.29. The molecule has 1 atom stereocenters. The van der Waals surface area contributed by atoms with Crippen molar-refractivity contribution in [3.05, 3.63) is 65.5 Å². The molecule has 0 heterocycles. The van der Waals surface area contributed by atoms with E-state index in [1.54, 1.807) is 19.1 Å². The number of halogens is 1. The van der Waals surface area contributed by atoms with Gasteiger partial charge >= 0.3 is 0 Å². The fraction of sp³-hybridized carbons (Fsp3) is 0.235. The Bertz CT molecular complexity index is 608. The number of hydrogen-bond donors (Lipinski definition) is 0. The van der Waals surface area contributed by atoms with Gasteiger partial charge in [-0.1, -0.05) is 12.1 Å². The molecule has 0 aliphatic heterocycles. The lowest BCUT2D eigenvalue weighted by Gasteiger charge is -2.25. The molecule has 2 aromatic carbocycles. The zero-order valence-electron chi connectivity index (χ0n) is 12.3. The van der Waals surface area contributed by atoms with Crippen LogP contribution in [0.2, 0.25) is 0 Å². The van der Waals surface area contributed by atoms with E-state index in [9.17, 15) is 9.18 Å². The van der Waals surface area contributed by atoms with Crippen LogP contribution in [0.5, 0.6) is 5.75 Å². The van der Waals surface area contributed by atoms with Gasteiger partial charge in [0.2, 0.25) is 0 Å². The number of ether oxygens (including phenoxy) is 1. The van der Waals surface area contributed by atoms with Gasteiger partial charge in [-0.3, -0.25) is 4.79 Å². The highest BCUT2D eigenvalue weighted by Crippen LogP contribution is 2.23. The van der Waals surface area contributed by atoms with Crippen molar-refractivity contribution in [2.75, 3.05) is 14.2 Å². The van der Waals surface area contributed by atoms with Crippen LogP contribution < -0.4 is 4.74 Å². The molecule has 0 saturated heterocycles. The maximum atomic E-state index is 12.9. The van der Waals surface area contributed by atoms with Crippen molar-refractivity contribution in [2.24, 2.45) is 0 Å². The van der Waals surface area contributed by atoms with E-state index >= 15 is 0 Å². The highest BCUT2D eigenvalue weighted by Gasteiger charge is 2.18. The molecule has 0 bridgehead atoms. The molecule has 3 nitrogen and oxygen atoms in total. The summed E-state index contributed by atoms with van der Waals surface area (Å²) in [7, 11) is 3.35. The predicted octanol–water partition coefficient (Wildman–Crippen LogP) is 3.67. The zero-order chi connectivity index (χ0) is 15.4. The summed E-state index contributed by atoms with van der Waals surface area (Å²) < 4.78 is 18.0. The minimum atomic E-state index is -0.350. The second kappa shape index (κ2) is 6.39. The Balaban J connectivity index is 2.15. The molecule has 0 fully saturated rings. The summed E-state index contributed by atoms with van der Waals surface area (Å²) in [6.45, 7) is 1.95. The third-order valence-electron chi connectivity index (χ3n) is 3.59. The molecule has 2 rings (SSSR count). The number of amides is 1. The first-order chi connectivity index (χ1) is 10.0. The Morgan fingerprint density at radius 3 is 2.19 bits per heavy atom. The minimum absolute atomic E-state index is 0.0894. The number of carbonyl (C=O) groups is 1. The van der Waals surface area contributed by atoms with E-state index in [4.69, 9.17) is 4.74 Å². The van der Waals surface area contributed by atoms with Crippen molar-refractivity contribution < 1.29 is 13.9 Å². The lowest BCUT2D eigenvalue weighted by molar-refractivity contribution is 0.0742. The fourth-order valence-corrected chi connectivity index (χ4v) is 2.08. The van der Waals surface area contributed by atoms with Crippen LogP contribution in [-0.4, -0.2) is 25.0 Å². The molecule has 0 aliphatic carbocycles. The number of carbonyl (C=O) groups excluding carboxylic acids is 1. The van der Waals surface area contributed by atoms with Gasteiger partial charge in [0.25, 0.3) is 5.91 Å². The van der Waals surface area contributed by atoms with Crippen molar-refractivity contribution in [1.82, 2.24) is 4.90 Å². The van der Waals surface area contributed by atoms with Crippen LogP contribution in [-0.2, 0) is 0 Å². The largest absolute Gasteiger partial charge is 0.497 e. The molecular formula is C17H18FNO2. The van der Waals surface area contributed by atoms with E-state index in [-0.39, 0.29) is 17.8 Å². The molecule has 0 N–H and O–H groups in total. The molecule has 2 aromatic rings. The van der Waals surface area contributed by atoms with Gasteiger partial charge in [0.05, 0.1) is 13.2 Å². The molecule has 21 heavy (non-hydrogen) atoms. The van der Waals surface area contributed by atoms with Gasteiger partial charge < -0.3 is 9.64 Å². The third kappa shape index (κ3) is 3.40. The second-order valence-electron chi connectivity index (χ2n) is 4.87. The monoisotopic (exact) mass is 287 g/mol. The number of nitrogens with zero attached hydrogens (tertiary/aromatic N) is 1. The standard InChI is InChI=1S/C17H18FNO2/c1-12(13-6-10-16(21-3)11-7-13)19(2)17(20)14-4-8-15(18)9-5-14/h4-12H,1-3H3. The summed E-state index contributed by atoms with van der Waals surface area (Å²) >= 11 is 0. The SMILES string of the molecule is COc1ccc(C(C)N(C)C(=O)c2ccc(F)cc2)cc1. The fourth-order valence-electron chi connectivity index (χ4n) is 2.08. The number of benzene rings is 2. The van der Waals surface area contributed by atoms with Gasteiger partial charge in [0.1, 0.15) is 11.6 Å². The molecule has 4 heteroatoms. The number of rotatable bonds is 4. The molecule has 0 radical (unpaired) electrons. The minimum Gasteiger partial charge on any atom is -0.497 e. The Morgan fingerprint density at radius 2 is 1.67 bits per heavy atom. The Hall–Kier alpha value is -2.36. The highest BCUT2D eigenvalue weighted by molar-refractivity contribution is 5.94. The quantitative estimate of drug-likeness (QED) is 0.858. The summed E-state index contributed by atoms with van der Waals surface area (Å²) in [4.78, 5) is 14.0. The summed E-state index contributed by atoms with van der Waals surface area (Å²) in [5.41, 5.74) is 1.48. The molecular weight excluding hydrogens is 269 g/mol. The highest BCUT2D eigenvalue weighted by atomic mass is 19.1. The van der Waals surface area contributed by atoms with Crippen molar-refractivity contribution in [3.8, 4) is 5.75 Å². The van der Waals surface area contributed by atoms with E-state index in [2.05, 4.69) is 0 Å². The van der Waals surface area contributed by atoms with Crippen LogP contribution in [0.3, 0.4) is 0 Å². The molecule has 0 saturated carbocycles. The first-order valence-corrected chi connectivity index (χ1v) is 6.69. The van der Waals surface area contributed by atoms with E-state index in [1.165, 1.54) is 24.3 Å². The average Bonchev–Trinajstić information content (AvgIpc) is 2.53. The Morgan fingerprint density at radius 1 is 1.10 bits per heavy atom. The molecule has 0 aliphatic rings. The second-order valence-corrected chi connectivity index (χ2v) is 4.87. The maximum absolute atomic E-state index is 12.9. The lowest BCUT2D eigenvalue weighted by atomic mass is 10.1. The first-order valence-electron chi connectivity index (χ1n) is 6.69. The van der Waals surface area contributed by atoms with Gasteiger partial charge in [0, 0.05) is 12.6 Å². The van der Waals surface area contributed by atoms with Gasteiger partial charge in [-0.15, -0.1) is 0 Å². The predicted molar refractivity (Wildman–Crippen MR) is 79.9 cm³/mol. The van der Waals surface area contributed by atoms with Gasteiger partial charge in [-0.25, -0.2) is 4.39 Å². The molecule has 0 aromatic heterocycles. The zero-order valence-corrected chi connectivity index (χ0v) is 12.3. The molecule has 1 unspecified atom stereocenters. The van der Waals surface area contributed by atoms with E-state index in [1.807, 2.05) is 31.2 Å². The van der Waals surface area contributed by atoms with Crippen molar-refractivity contribution in [2.45, 2.75) is 13.0 Å². The van der Waals surface area contributed by atoms with E-state index < -0.39 is 0 Å². The van der Waals surface area contributed by atoms with Crippen molar-refractivity contribution in [3.63, 3.8) is 0 Å². The Labute approximate surface area is 124 Å². The van der Waals surface area contributed by atoms with Gasteiger partial charge in [-0.05, 0) is 48.9 Å². The molecule has 1 amide bonds. The van der Waals surface area contributed by atoms with E-state index in [0.29, 0.717) is 5.56 Å². The molecule has 0 spiro atoms. The van der Waals surface area contributed by atoms with Crippen molar-refractivity contribution >= 4 is 5.91 Å². The maximum Gasteiger partial charge on any atom is 0.254 e. The smallest absolute Gasteiger partial charge is 0.254 e. The van der Waals surface area contributed by atoms with E-state index in [0.717, 1.165) is 11.3 Å². The van der Waals surface area contributed by atoms with Crippen LogP contribution in [0.4, 0.5) is 4.39 Å². The average molecular weight is 287 g/mol. The summed E-state index contributed by atoms with van der Waals surface area (Å²) in [5, 5.41) is 0. The summed E-state index contributed by atoms with van der Waals surface area (Å²) in [5.74, 6) is 0.286. The third-order valence-corrected chi connectivity index (χ3v) is 3.59. The Kier molecular flexibility index (Phi) is 4.58. The normalized spacial score (nSPS) is 11.8. The van der Waals surface area contributed by atoms with Crippen molar-refractivity contribution in [1.29, 1.82) is 0 Å². The summed E-state index contributed by atoms with van der Waals surface area (Å²) in [6, 6.07) is 13.1. The van der Waals surface area contributed by atoms with Gasteiger partial charge in [0.15, 0.2) is 0 Å².